The molecule has 0 saturated carbocycles. The summed E-state index contributed by atoms with van der Waals surface area (Å²) in [5.74, 6) is 6.41. The number of rotatable bonds is 6. The average Bonchev–Trinajstić information content (AvgIpc) is 3.07. The third-order valence-electron chi connectivity index (χ3n) is 3.05. The highest BCUT2D eigenvalue weighted by molar-refractivity contribution is 7.99. The summed E-state index contributed by atoms with van der Waals surface area (Å²) in [6.07, 6.45) is 3.29. The number of oxazole rings is 1. The van der Waals surface area contributed by atoms with Gasteiger partial charge in [0.15, 0.2) is 5.58 Å². The van der Waals surface area contributed by atoms with Crippen molar-refractivity contribution >= 4 is 28.8 Å². The van der Waals surface area contributed by atoms with Gasteiger partial charge in [0.1, 0.15) is 17.9 Å². The van der Waals surface area contributed by atoms with Crippen LogP contribution < -0.4 is 10.1 Å². The Morgan fingerprint density at radius 1 is 1.24 bits per heavy atom. The minimum Gasteiger partial charge on any atom is -0.479 e. The molecule has 2 heterocycles. The van der Waals surface area contributed by atoms with E-state index in [4.69, 9.17) is 9.15 Å². The third kappa shape index (κ3) is 5.26. The van der Waals surface area contributed by atoms with E-state index in [1.807, 2.05) is 24.3 Å². The lowest BCUT2D eigenvalue weighted by Crippen LogP contribution is -2.25. The molecule has 0 aliphatic carbocycles. The van der Waals surface area contributed by atoms with Gasteiger partial charge in [-0.05, 0) is 24.3 Å². The minimum atomic E-state index is -0.130. The van der Waals surface area contributed by atoms with Gasteiger partial charge in [0.05, 0.1) is 18.5 Å². The Kier molecular flexibility index (Phi) is 5.91. The zero-order valence-corrected chi connectivity index (χ0v) is 14.1. The summed E-state index contributed by atoms with van der Waals surface area (Å²) in [5, 5.41) is 3.19. The number of nitrogens with zero attached hydrogens (tertiary/aromatic N) is 2. The van der Waals surface area contributed by atoms with Crippen molar-refractivity contribution < 1.29 is 13.9 Å². The molecule has 0 atom stereocenters. The fraction of sp³-hybridized carbons (Fsp3) is 0.167. The monoisotopic (exact) mass is 353 g/mol. The van der Waals surface area contributed by atoms with Crippen molar-refractivity contribution in [2.75, 3.05) is 18.9 Å². The van der Waals surface area contributed by atoms with Crippen molar-refractivity contribution in [3.8, 4) is 17.6 Å². The molecule has 25 heavy (non-hydrogen) atoms. The molecular weight excluding hydrogens is 338 g/mol. The second-order valence-corrected chi connectivity index (χ2v) is 5.77. The Morgan fingerprint density at radius 3 is 3.00 bits per heavy atom. The SMILES string of the molecule is O=C(CSc1nc2ccccc2o1)NCC#CCOc1cccnc1. The number of hydrogen-bond acceptors (Lipinski definition) is 6. The molecule has 0 saturated heterocycles. The maximum atomic E-state index is 11.8. The van der Waals surface area contributed by atoms with Crippen molar-refractivity contribution in [3.05, 3.63) is 48.8 Å². The number of amides is 1. The largest absolute Gasteiger partial charge is 0.479 e. The van der Waals surface area contributed by atoms with E-state index in [0.29, 0.717) is 16.6 Å². The third-order valence-corrected chi connectivity index (χ3v) is 3.87. The van der Waals surface area contributed by atoms with E-state index in [2.05, 4.69) is 27.1 Å². The van der Waals surface area contributed by atoms with Crippen molar-refractivity contribution in [3.63, 3.8) is 0 Å². The lowest BCUT2D eigenvalue weighted by atomic mass is 10.3. The first kappa shape index (κ1) is 16.9. The average molecular weight is 353 g/mol. The van der Waals surface area contributed by atoms with Crippen molar-refractivity contribution in [1.82, 2.24) is 15.3 Å². The quantitative estimate of drug-likeness (QED) is 0.542. The van der Waals surface area contributed by atoms with E-state index in [1.54, 1.807) is 24.5 Å². The molecule has 3 rings (SSSR count). The van der Waals surface area contributed by atoms with Gasteiger partial charge in [-0.25, -0.2) is 4.98 Å². The molecule has 126 valence electrons. The molecule has 6 nitrogen and oxygen atoms in total. The van der Waals surface area contributed by atoms with Crippen LogP contribution in [0, 0.1) is 11.8 Å². The molecule has 0 radical (unpaired) electrons. The van der Waals surface area contributed by atoms with Crippen LogP contribution in [0.4, 0.5) is 0 Å². The predicted octanol–water partition coefficient (Wildman–Crippen LogP) is 2.51. The second kappa shape index (κ2) is 8.76. The number of hydrogen-bond donors (Lipinski definition) is 1. The number of ether oxygens (including phenoxy) is 1. The number of aromatic nitrogens is 2. The molecule has 7 heteroatoms. The number of para-hydroxylation sites is 2. The molecule has 0 aliphatic heterocycles. The van der Waals surface area contributed by atoms with E-state index in [9.17, 15) is 4.79 Å². The summed E-state index contributed by atoms with van der Waals surface area (Å²) < 4.78 is 10.9. The van der Waals surface area contributed by atoms with Gasteiger partial charge in [0.2, 0.25) is 5.91 Å². The predicted molar refractivity (Wildman–Crippen MR) is 95.3 cm³/mol. The van der Waals surface area contributed by atoms with Gasteiger partial charge in [-0.2, -0.15) is 0 Å². The Balaban J connectivity index is 1.35. The van der Waals surface area contributed by atoms with Crippen LogP contribution >= 0.6 is 11.8 Å². The van der Waals surface area contributed by atoms with Gasteiger partial charge in [-0.15, -0.1) is 0 Å². The number of fused-ring (bicyclic) bond motifs is 1. The maximum absolute atomic E-state index is 11.8. The van der Waals surface area contributed by atoms with Crippen LogP contribution in [-0.2, 0) is 4.79 Å². The minimum absolute atomic E-state index is 0.130. The highest BCUT2D eigenvalue weighted by atomic mass is 32.2. The Bertz CT molecular complexity index is 867. The molecule has 1 N–H and O–H groups in total. The van der Waals surface area contributed by atoms with Gasteiger partial charge in [-0.1, -0.05) is 35.7 Å². The standard InChI is InChI=1S/C18H15N3O3S/c22-17(13-25-18-21-15-7-1-2-8-16(15)24-18)20-10-3-4-11-23-14-6-5-9-19-12-14/h1-2,5-9,12H,10-11,13H2,(H,20,22). The first-order chi connectivity index (χ1) is 12.3. The summed E-state index contributed by atoms with van der Waals surface area (Å²) in [4.78, 5) is 20.0. The lowest BCUT2D eigenvalue weighted by molar-refractivity contribution is -0.118. The van der Waals surface area contributed by atoms with Crippen LogP contribution in [0.1, 0.15) is 0 Å². The van der Waals surface area contributed by atoms with Crippen LogP contribution in [0.3, 0.4) is 0 Å². The van der Waals surface area contributed by atoms with Crippen molar-refractivity contribution in [1.29, 1.82) is 0 Å². The summed E-state index contributed by atoms with van der Waals surface area (Å²) in [6.45, 7) is 0.516. The summed E-state index contributed by atoms with van der Waals surface area (Å²) >= 11 is 1.25. The molecular formula is C18H15N3O3S. The van der Waals surface area contributed by atoms with Gasteiger partial charge in [-0.3, -0.25) is 9.78 Å². The zero-order valence-electron chi connectivity index (χ0n) is 13.3. The zero-order chi connectivity index (χ0) is 17.3. The van der Waals surface area contributed by atoms with Crippen LogP contribution in [0.2, 0.25) is 0 Å². The lowest BCUT2D eigenvalue weighted by Gasteiger charge is -2.00. The first-order valence-corrected chi connectivity index (χ1v) is 8.53. The molecule has 0 fully saturated rings. The molecule has 1 amide bonds. The smallest absolute Gasteiger partial charge is 0.257 e. The van der Waals surface area contributed by atoms with Crippen molar-refractivity contribution in [2.24, 2.45) is 0 Å². The summed E-state index contributed by atoms with van der Waals surface area (Å²) in [6, 6.07) is 11.1. The fourth-order valence-electron chi connectivity index (χ4n) is 1.90. The highest BCUT2D eigenvalue weighted by Crippen LogP contribution is 2.22. The van der Waals surface area contributed by atoms with Gasteiger partial charge in [0, 0.05) is 6.20 Å². The van der Waals surface area contributed by atoms with Gasteiger partial charge >= 0.3 is 0 Å². The van der Waals surface area contributed by atoms with Crippen molar-refractivity contribution in [2.45, 2.75) is 5.22 Å². The molecule has 0 bridgehead atoms. The number of thioether (sulfide) groups is 1. The Labute approximate surface area is 149 Å². The van der Waals surface area contributed by atoms with E-state index in [1.165, 1.54) is 11.8 Å². The first-order valence-electron chi connectivity index (χ1n) is 7.55. The van der Waals surface area contributed by atoms with E-state index in [-0.39, 0.29) is 24.8 Å². The Morgan fingerprint density at radius 2 is 2.16 bits per heavy atom. The maximum Gasteiger partial charge on any atom is 0.257 e. The van der Waals surface area contributed by atoms with E-state index >= 15 is 0 Å². The van der Waals surface area contributed by atoms with E-state index in [0.717, 1.165) is 5.52 Å². The van der Waals surface area contributed by atoms with Crippen LogP contribution in [0.25, 0.3) is 11.1 Å². The normalized spacial score (nSPS) is 10.1. The molecule has 0 spiro atoms. The van der Waals surface area contributed by atoms with Gasteiger partial charge < -0.3 is 14.5 Å². The Hall–Kier alpha value is -2.98. The number of carbonyl (C=O) groups excluding carboxylic acids is 1. The number of carbonyl (C=O) groups is 1. The number of pyridine rings is 1. The van der Waals surface area contributed by atoms with E-state index < -0.39 is 0 Å². The van der Waals surface area contributed by atoms with Crippen LogP contribution in [0.15, 0.2) is 58.4 Å². The topological polar surface area (TPSA) is 77.2 Å². The second-order valence-electron chi connectivity index (χ2n) is 4.84. The van der Waals surface area contributed by atoms with Crippen LogP contribution in [0.5, 0.6) is 5.75 Å². The fourth-order valence-corrected chi connectivity index (χ4v) is 2.57. The summed E-state index contributed by atoms with van der Waals surface area (Å²) in [7, 11) is 0. The summed E-state index contributed by atoms with van der Waals surface area (Å²) in [5.41, 5.74) is 1.50. The van der Waals surface area contributed by atoms with Crippen LogP contribution in [-0.4, -0.2) is 34.8 Å². The number of nitrogens with one attached hydrogen (secondary N) is 1. The molecule has 1 aromatic carbocycles. The molecule has 2 aromatic heterocycles. The molecule has 0 unspecified atom stereocenters. The molecule has 0 aliphatic rings. The number of benzene rings is 1. The highest BCUT2D eigenvalue weighted by Gasteiger charge is 2.08. The van der Waals surface area contributed by atoms with Gasteiger partial charge in [0.25, 0.3) is 5.22 Å². The molecule has 3 aromatic rings.